The van der Waals surface area contributed by atoms with Crippen LogP contribution >= 0.6 is 27.5 Å². The van der Waals surface area contributed by atoms with Crippen molar-refractivity contribution in [3.05, 3.63) is 68.3 Å². The quantitative estimate of drug-likeness (QED) is 0.474. The highest BCUT2D eigenvalue weighted by Gasteiger charge is 2.38. The van der Waals surface area contributed by atoms with Crippen molar-refractivity contribution in [2.24, 2.45) is 0 Å². The maximum atomic E-state index is 13.3. The number of hydrogen-bond donors (Lipinski definition) is 0. The maximum Gasteiger partial charge on any atom is 0.340 e. The predicted molar refractivity (Wildman–Crippen MR) is 112 cm³/mol. The standard InChI is InChI=1S/C21H15BrClNO5/c1-11-19(21(26)27-2)15(20(25)24(11)14-5-3-4-13(23)8-14)6-12-7-17-18(9-16(12)22)29-10-28-17/h3-9H,10H2,1-2H3/b15-6+. The SMILES string of the molecule is COC(=O)C1=C(C)N(c2cccc(Cl)c2)C(=O)/C1=C/c1cc2c(cc1Br)OCO2. The van der Waals surface area contributed by atoms with Crippen LogP contribution in [0.2, 0.25) is 5.02 Å². The van der Waals surface area contributed by atoms with Crippen LogP contribution in [0.25, 0.3) is 6.08 Å². The van der Waals surface area contributed by atoms with E-state index < -0.39 is 5.97 Å². The lowest BCUT2D eigenvalue weighted by atomic mass is 10.0. The Morgan fingerprint density at radius 3 is 2.66 bits per heavy atom. The molecule has 2 aliphatic heterocycles. The fraction of sp³-hybridized carbons (Fsp3) is 0.143. The second kappa shape index (κ2) is 7.57. The van der Waals surface area contributed by atoms with Crippen molar-refractivity contribution < 1.29 is 23.8 Å². The summed E-state index contributed by atoms with van der Waals surface area (Å²) in [7, 11) is 1.28. The van der Waals surface area contributed by atoms with Crippen LogP contribution in [-0.4, -0.2) is 25.8 Å². The van der Waals surface area contributed by atoms with E-state index in [-0.39, 0.29) is 23.8 Å². The third-order valence-corrected chi connectivity index (χ3v) is 5.57. The Bertz CT molecular complexity index is 1110. The van der Waals surface area contributed by atoms with Gasteiger partial charge in [-0.25, -0.2) is 4.79 Å². The number of methoxy groups -OCH3 is 1. The monoisotopic (exact) mass is 475 g/mol. The first kappa shape index (κ1) is 19.5. The molecule has 0 fully saturated rings. The lowest BCUT2D eigenvalue weighted by Gasteiger charge is -2.18. The van der Waals surface area contributed by atoms with Crippen LogP contribution < -0.4 is 14.4 Å². The van der Waals surface area contributed by atoms with E-state index in [9.17, 15) is 9.59 Å². The number of halogens is 2. The summed E-state index contributed by atoms with van der Waals surface area (Å²) < 4.78 is 16.4. The maximum absolute atomic E-state index is 13.3. The van der Waals surface area contributed by atoms with Gasteiger partial charge in [-0.1, -0.05) is 33.6 Å². The van der Waals surface area contributed by atoms with E-state index in [1.54, 1.807) is 49.4 Å². The highest BCUT2D eigenvalue weighted by molar-refractivity contribution is 9.10. The predicted octanol–water partition coefficient (Wildman–Crippen LogP) is 4.71. The zero-order chi connectivity index (χ0) is 20.7. The highest BCUT2D eigenvalue weighted by Crippen LogP contribution is 2.40. The number of ether oxygens (including phenoxy) is 3. The summed E-state index contributed by atoms with van der Waals surface area (Å²) in [6.45, 7) is 1.83. The van der Waals surface area contributed by atoms with Crippen molar-refractivity contribution in [1.29, 1.82) is 0 Å². The van der Waals surface area contributed by atoms with Gasteiger partial charge in [-0.05, 0) is 48.9 Å². The molecule has 0 aromatic heterocycles. The topological polar surface area (TPSA) is 65.1 Å². The van der Waals surface area contributed by atoms with Crippen LogP contribution in [0.5, 0.6) is 11.5 Å². The molecule has 148 valence electrons. The first-order valence-electron chi connectivity index (χ1n) is 8.61. The Balaban J connectivity index is 1.85. The van der Waals surface area contributed by atoms with E-state index in [4.69, 9.17) is 25.8 Å². The van der Waals surface area contributed by atoms with Gasteiger partial charge >= 0.3 is 5.97 Å². The third kappa shape index (κ3) is 3.41. The molecule has 0 bridgehead atoms. The number of hydrogen-bond acceptors (Lipinski definition) is 5. The molecule has 0 spiro atoms. The Morgan fingerprint density at radius 1 is 1.24 bits per heavy atom. The molecule has 0 N–H and O–H groups in total. The van der Waals surface area contributed by atoms with E-state index in [2.05, 4.69) is 15.9 Å². The van der Waals surface area contributed by atoms with E-state index >= 15 is 0 Å². The largest absolute Gasteiger partial charge is 0.465 e. The number of carbonyl (C=O) groups excluding carboxylic acids is 2. The summed E-state index contributed by atoms with van der Waals surface area (Å²) in [4.78, 5) is 27.3. The Morgan fingerprint density at radius 2 is 1.97 bits per heavy atom. The van der Waals surface area contributed by atoms with Crippen LogP contribution in [0.15, 0.2) is 57.7 Å². The molecule has 2 heterocycles. The summed E-state index contributed by atoms with van der Waals surface area (Å²) in [5.74, 6) is 0.230. The first-order valence-corrected chi connectivity index (χ1v) is 9.78. The molecule has 8 heteroatoms. The molecule has 2 aromatic rings. The van der Waals surface area contributed by atoms with Gasteiger partial charge in [0.25, 0.3) is 5.91 Å². The summed E-state index contributed by atoms with van der Waals surface area (Å²) in [5.41, 5.74) is 2.11. The summed E-state index contributed by atoms with van der Waals surface area (Å²) in [6, 6.07) is 10.4. The summed E-state index contributed by atoms with van der Waals surface area (Å²) >= 11 is 9.57. The molecule has 1 amide bonds. The smallest absolute Gasteiger partial charge is 0.340 e. The van der Waals surface area contributed by atoms with E-state index in [1.807, 2.05) is 0 Å². The van der Waals surface area contributed by atoms with E-state index in [0.717, 1.165) is 0 Å². The van der Waals surface area contributed by atoms with Gasteiger partial charge in [-0.2, -0.15) is 0 Å². The van der Waals surface area contributed by atoms with Crippen molar-refractivity contribution >= 4 is 51.2 Å². The fourth-order valence-corrected chi connectivity index (χ4v) is 3.93. The Hall–Kier alpha value is -2.77. The second-order valence-corrected chi connectivity index (χ2v) is 7.65. The molecule has 0 saturated heterocycles. The Labute approximate surface area is 180 Å². The number of amides is 1. The zero-order valence-corrected chi connectivity index (χ0v) is 17.8. The molecule has 4 rings (SSSR count). The summed E-state index contributed by atoms with van der Waals surface area (Å²) in [6.07, 6.45) is 1.63. The number of rotatable bonds is 3. The molecule has 0 saturated carbocycles. The van der Waals surface area contributed by atoms with E-state index in [0.29, 0.717) is 37.9 Å². The van der Waals surface area contributed by atoms with Crippen molar-refractivity contribution in [2.45, 2.75) is 6.92 Å². The third-order valence-electron chi connectivity index (χ3n) is 4.65. The fourth-order valence-electron chi connectivity index (χ4n) is 3.31. The van der Waals surface area contributed by atoms with Crippen LogP contribution in [-0.2, 0) is 14.3 Å². The first-order chi connectivity index (χ1) is 13.9. The number of benzene rings is 2. The van der Waals surface area contributed by atoms with Gasteiger partial charge in [0.05, 0.1) is 23.9 Å². The van der Waals surface area contributed by atoms with Gasteiger partial charge in [-0.3, -0.25) is 9.69 Å². The number of allylic oxidation sites excluding steroid dienone is 1. The average Bonchev–Trinajstić information content (AvgIpc) is 3.23. The Kier molecular flexibility index (Phi) is 5.10. The van der Waals surface area contributed by atoms with Gasteiger partial charge in [0.2, 0.25) is 6.79 Å². The minimum Gasteiger partial charge on any atom is -0.465 e. The molecular formula is C21H15BrClNO5. The highest BCUT2D eigenvalue weighted by atomic mass is 79.9. The van der Waals surface area contributed by atoms with Crippen LogP contribution in [0, 0.1) is 0 Å². The average molecular weight is 477 g/mol. The lowest BCUT2D eigenvalue weighted by molar-refractivity contribution is -0.136. The molecule has 0 unspecified atom stereocenters. The second-order valence-electron chi connectivity index (χ2n) is 6.36. The van der Waals surface area contributed by atoms with E-state index in [1.165, 1.54) is 12.0 Å². The molecular weight excluding hydrogens is 462 g/mol. The van der Waals surface area contributed by atoms with Crippen molar-refractivity contribution in [2.75, 3.05) is 18.8 Å². The minimum absolute atomic E-state index is 0.135. The van der Waals surface area contributed by atoms with Crippen LogP contribution in [0.1, 0.15) is 12.5 Å². The van der Waals surface area contributed by atoms with Crippen molar-refractivity contribution in [3.8, 4) is 11.5 Å². The van der Waals surface area contributed by atoms with Gasteiger partial charge in [0.1, 0.15) is 0 Å². The normalized spacial score (nSPS) is 16.8. The number of carbonyl (C=O) groups is 2. The lowest BCUT2D eigenvalue weighted by Crippen LogP contribution is -2.24. The molecule has 0 aliphatic carbocycles. The molecule has 6 nitrogen and oxygen atoms in total. The molecule has 0 radical (unpaired) electrons. The molecule has 2 aliphatic rings. The van der Waals surface area contributed by atoms with Gasteiger partial charge in [0.15, 0.2) is 11.5 Å². The molecule has 2 aromatic carbocycles. The van der Waals surface area contributed by atoms with Gasteiger partial charge < -0.3 is 14.2 Å². The van der Waals surface area contributed by atoms with Gasteiger partial charge in [0, 0.05) is 15.2 Å². The van der Waals surface area contributed by atoms with Crippen LogP contribution in [0.4, 0.5) is 5.69 Å². The number of nitrogens with zero attached hydrogens (tertiary/aromatic N) is 1. The molecule has 29 heavy (non-hydrogen) atoms. The van der Waals surface area contributed by atoms with Crippen LogP contribution in [0.3, 0.4) is 0 Å². The summed E-state index contributed by atoms with van der Waals surface area (Å²) in [5, 5.41) is 0.485. The minimum atomic E-state index is -0.594. The number of esters is 1. The number of fused-ring (bicyclic) bond motifs is 1. The molecule has 0 atom stereocenters. The van der Waals surface area contributed by atoms with Gasteiger partial charge in [-0.15, -0.1) is 0 Å². The zero-order valence-electron chi connectivity index (χ0n) is 15.5. The van der Waals surface area contributed by atoms with Crippen molar-refractivity contribution in [1.82, 2.24) is 0 Å². The van der Waals surface area contributed by atoms with Crippen molar-refractivity contribution in [3.63, 3.8) is 0 Å². The number of anilines is 1.